The van der Waals surface area contributed by atoms with Crippen LogP contribution in [-0.2, 0) is 9.59 Å². The van der Waals surface area contributed by atoms with E-state index >= 15 is 0 Å². The third-order valence-corrected chi connectivity index (χ3v) is 4.12. The molecule has 72 valence electrons. The fraction of sp³-hybridized carbons (Fsp3) is 0.818. The molecule has 2 rings (SSSR count). The van der Waals surface area contributed by atoms with Gasteiger partial charge in [0.25, 0.3) is 0 Å². The molecule has 0 amide bonds. The molecule has 2 aliphatic carbocycles. The van der Waals surface area contributed by atoms with E-state index in [0.29, 0.717) is 11.6 Å². The van der Waals surface area contributed by atoms with Gasteiger partial charge in [-0.05, 0) is 6.42 Å². The van der Waals surface area contributed by atoms with Crippen LogP contribution in [0.5, 0.6) is 0 Å². The highest BCUT2D eigenvalue weighted by Gasteiger charge is 2.65. The van der Waals surface area contributed by atoms with Crippen molar-refractivity contribution in [2.75, 3.05) is 0 Å². The maximum absolute atomic E-state index is 11.9. The maximum atomic E-state index is 11.9. The van der Waals surface area contributed by atoms with Crippen molar-refractivity contribution in [1.29, 1.82) is 0 Å². The van der Waals surface area contributed by atoms with E-state index in [1.54, 1.807) is 0 Å². The molecule has 2 unspecified atom stereocenters. The average molecular weight is 180 g/mol. The first-order chi connectivity index (χ1) is 5.79. The molecular formula is C11H16O2. The Kier molecular flexibility index (Phi) is 1.40. The molecule has 0 aromatic rings. The first-order valence-corrected chi connectivity index (χ1v) is 4.88. The zero-order valence-electron chi connectivity index (χ0n) is 8.68. The Balaban J connectivity index is 2.49. The molecule has 2 aliphatic rings. The molecule has 2 heteroatoms. The Labute approximate surface area is 78.7 Å². The van der Waals surface area contributed by atoms with Gasteiger partial charge < -0.3 is 0 Å². The number of rotatable bonds is 0. The highest BCUT2D eigenvalue weighted by atomic mass is 16.1. The molecule has 0 spiro atoms. The topological polar surface area (TPSA) is 34.1 Å². The maximum Gasteiger partial charge on any atom is 0.143 e. The minimum atomic E-state index is -0.392. The van der Waals surface area contributed by atoms with Gasteiger partial charge in [-0.1, -0.05) is 27.7 Å². The zero-order chi connectivity index (χ0) is 10.0. The van der Waals surface area contributed by atoms with Gasteiger partial charge in [-0.2, -0.15) is 0 Å². The van der Waals surface area contributed by atoms with E-state index in [1.807, 2.05) is 27.7 Å². The molecule has 0 saturated heterocycles. The van der Waals surface area contributed by atoms with Crippen molar-refractivity contribution in [2.45, 2.75) is 34.1 Å². The molecule has 0 aliphatic heterocycles. The lowest BCUT2D eigenvalue weighted by atomic mass is 9.65. The van der Waals surface area contributed by atoms with Crippen molar-refractivity contribution in [3.63, 3.8) is 0 Å². The lowest BCUT2D eigenvalue weighted by Crippen LogP contribution is -2.45. The fourth-order valence-corrected chi connectivity index (χ4v) is 2.94. The lowest BCUT2D eigenvalue weighted by Gasteiger charge is -2.35. The summed E-state index contributed by atoms with van der Waals surface area (Å²) in [4.78, 5) is 23.8. The number of hydrogen-bond donors (Lipinski definition) is 0. The molecule has 0 aromatic carbocycles. The summed E-state index contributed by atoms with van der Waals surface area (Å²) in [5, 5.41) is 0. The van der Waals surface area contributed by atoms with Crippen LogP contribution < -0.4 is 0 Å². The van der Waals surface area contributed by atoms with E-state index in [0.717, 1.165) is 6.42 Å². The lowest BCUT2D eigenvalue weighted by molar-refractivity contribution is -0.146. The summed E-state index contributed by atoms with van der Waals surface area (Å²) < 4.78 is 0. The van der Waals surface area contributed by atoms with Crippen molar-refractivity contribution >= 4 is 11.6 Å². The van der Waals surface area contributed by atoms with Crippen LogP contribution in [0.2, 0.25) is 0 Å². The number of carbonyl (C=O) groups is 2. The number of Topliss-reactive ketones (excluding diaryl/α,β-unsaturated/α-hetero) is 2. The number of carbonyl (C=O) groups excluding carboxylic acids is 2. The van der Waals surface area contributed by atoms with Gasteiger partial charge in [-0.25, -0.2) is 0 Å². The van der Waals surface area contributed by atoms with Gasteiger partial charge in [0.2, 0.25) is 0 Å². The molecule has 2 nitrogen and oxygen atoms in total. The first kappa shape index (κ1) is 8.92. The number of fused-ring (bicyclic) bond motifs is 2. The second-order valence-corrected chi connectivity index (χ2v) is 5.51. The minimum absolute atomic E-state index is 0.0139. The fourth-order valence-electron chi connectivity index (χ4n) is 2.94. The van der Waals surface area contributed by atoms with Crippen molar-refractivity contribution in [1.82, 2.24) is 0 Å². The molecule has 13 heavy (non-hydrogen) atoms. The predicted molar refractivity (Wildman–Crippen MR) is 49.2 cm³/mol. The molecule has 0 radical (unpaired) electrons. The predicted octanol–water partition coefficient (Wildman–Crippen LogP) is 1.83. The van der Waals surface area contributed by atoms with Crippen LogP contribution in [0.4, 0.5) is 0 Å². The Bertz CT molecular complexity index is 269. The Morgan fingerprint density at radius 1 is 0.923 bits per heavy atom. The molecule has 0 N–H and O–H groups in total. The monoisotopic (exact) mass is 180 g/mol. The van der Waals surface area contributed by atoms with Crippen LogP contribution in [0, 0.1) is 22.7 Å². The van der Waals surface area contributed by atoms with E-state index in [-0.39, 0.29) is 11.8 Å². The van der Waals surface area contributed by atoms with Gasteiger partial charge in [0.15, 0.2) is 0 Å². The van der Waals surface area contributed by atoms with Crippen molar-refractivity contribution in [3.05, 3.63) is 0 Å². The average Bonchev–Trinajstić information content (AvgIpc) is 2.35. The second-order valence-electron chi connectivity index (χ2n) is 5.51. The van der Waals surface area contributed by atoms with Gasteiger partial charge in [0.1, 0.15) is 11.6 Å². The SMILES string of the molecule is CC1(C)C(=O)C2CC1C(=O)C2(C)C. The van der Waals surface area contributed by atoms with E-state index in [9.17, 15) is 9.59 Å². The van der Waals surface area contributed by atoms with Gasteiger partial charge in [0, 0.05) is 22.7 Å². The highest BCUT2D eigenvalue weighted by molar-refractivity contribution is 6.06. The Hall–Kier alpha value is -0.660. The molecule has 0 aromatic heterocycles. The quantitative estimate of drug-likeness (QED) is 0.570. The standard InChI is InChI=1S/C11H16O2/c1-10(2)6-5-7(8(10)12)11(3,4)9(6)13/h6-7H,5H2,1-4H3. The van der Waals surface area contributed by atoms with Crippen LogP contribution in [0.25, 0.3) is 0 Å². The largest absolute Gasteiger partial charge is 0.299 e. The van der Waals surface area contributed by atoms with Crippen LogP contribution in [0.3, 0.4) is 0 Å². The van der Waals surface area contributed by atoms with Gasteiger partial charge >= 0.3 is 0 Å². The summed E-state index contributed by atoms with van der Waals surface area (Å²) in [6.07, 6.45) is 0.789. The van der Waals surface area contributed by atoms with E-state index < -0.39 is 10.8 Å². The van der Waals surface area contributed by atoms with Gasteiger partial charge in [0.05, 0.1) is 0 Å². The van der Waals surface area contributed by atoms with E-state index in [1.165, 1.54) is 0 Å². The van der Waals surface area contributed by atoms with Gasteiger partial charge in [-0.3, -0.25) is 9.59 Å². The van der Waals surface area contributed by atoms with Crippen LogP contribution in [0.15, 0.2) is 0 Å². The highest BCUT2D eigenvalue weighted by Crippen LogP contribution is 2.58. The Morgan fingerprint density at radius 2 is 1.23 bits per heavy atom. The third kappa shape index (κ3) is 0.792. The molecular weight excluding hydrogens is 164 g/mol. The van der Waals surface area contributed by atoms with Crippen molar-refractivity contribution in [2.24, 2.45) is 22.7 Å². The molecule has 2 atom stereocenters. The molecule has 2 saturated carbocycles. The number of ketones is 2. The number of hydrogen-bond acceptors (Lipinski definition) is 2. The molecule has 2 fully saturated rings. The minimum Gasteiger partial charge on any atom is -0.299 e. The summed E-state index contributed by atoms with van der Waals surface area (Å²) in [6, 6.07) is 0. The van der Waals surface area contributed by atoms with E-state index in [2.05, 4.69) is 0 Å². The van der Waals surface area contributed by atoms with Crippen molar-refractivity contribution in [3.8, 4) is 0 Å². The first-order valence-electron chi connectivity index (χ1n) is 4.88. The second kappa shape index (κ2) is 2.05. The summed E-state index contributed by atoms with van der Waals surface area (Å²) in [5.41, 5.74) is -0.783. The summed E-state index contributed by atoms with van der Waals surface area (Å²) in [6.45, 7) is 7.64. The normalized spacial score (nSPS) is 40.0. The Morgan fingerprint density at radius 3 is 1.46 bits per heavy atom. The summed E-state index contributed by atoms with van der Waals surface area (Å²) >= 11 is 0. The van der Waals surface area contributed by atoms with Crippen LogP contribution in [-0.4, -0.2) is 11.6 Å². The van der Waals surface area contributed by atoms with Crippen molar-refractivity contribution < 1.29 is 9.59 Å². The summed E-state index contributed by atoms with van der Waals surface area (Å²) in [5.74, 6) is 0.559. The van der Waals surface area contributed by atoms with E-state index in [4.69, 9.17) is 0 Å². The smallest absolute Gasteiger partial charge is 0.143 e. The van der Waals surface area contributed by atoms with Gasteiger partial charge in [-0.15, -0.1) is 0 Å². The van der Waals surface area contributed by atoms with Crippen LogP contribution in [0.1, 0.15) is 34.1 Å². The molecule has 2 bridgehead atoms. The zero-order valence-corrected chi connectivity index (χ0v) is 8.68. The van der Waals surface area contributed by atoms with Crippen LogP contribution >= 0.6 is 0 Å². The summed E-state index contributed by atoms with van der Waals surface area (Å²) in [7, 11) is 0. The molecule has 0 heterocycles. The third-order valence-electron chi connectivity index (χ3n) is 4.12.